The molecule has 0 saturated carbocycles. The number of para-hydroxylation sites is 2. The highest BCUT2D eigenvalue weighted by Crippen LogP contribution is 2.35. The lowest BCUT2D eigenvalue weighted by molar-refractivity contribution is 1.01. The molecule has 0 bridgehead atoms. The highest BCUT2D eigenvalue weighted by atomic mass is 32.1. The van der Waals surface area contributed by atoms with Gasteiger partial charge in [-0.3, -0.25) is 4.57 Å². The third-order valence-electron chi connectivity index (χ3n) is 5.13. The molecule has 3 aromatic heterocycles. The molecule has 0 saturated heterocycles. The maximum atomic E-state index is 5.01. The maximum Gasteiger partial charge on any atom is 0.235 e. The summed E-state index contributed by atoms with van der Waals surface area (Å²) in [6, 6.07) is 23.5. The molecule has 0 spiro atoms. The van der Waals surface area contributed by atoms with Gasteiger partial charge in [0.25, 0.3) is 0 Å². The minimum Gasteiger partial charge on any atom is -0.278 e. The van der Waals surface area contributed by atoms with E-state index in [1.807, 2.05) is 6.20 Å². The molecule has 6 rings (SSSR count). The van der Waals surface area contributed by atoms with E-state index in [4.69, 9.17) is 9.97 Å². The first kappa shape index (κ1) is 14.9. The van der Waals surface area contributed by atoms with Crippen LogP contribution >= 0.6 is 11.3 Å². The summed E-state index contributed by atoms with van der Waals surface area (Å²) in [6.07, 6.45) is 1.96. The average Bonchev–Trinajstić information content (AvgIpc) is 3.23. The first-order valence-corrected chi connectivity index (χ1v) is 9.76. The minimum absolute atomic E-state index is 0.723. The largest absolute Gasteiger partial charge is 0.278 e. The molecule has 0 aliphatic heterocycles. The van der Waals surface area contributed by atoms with Crippen LogP contribution < -0.4 is 0 Å². The maximum absolute atomic E-state index is 5.01. The third-order valence-corrected chi connectivity index (χ3v) is 6.23. The van der Waals surface area contributed by atoms with E-state index in [9.17, 15) is 0 Å². The van der Waals surface area contributed by atoms with E-state index < -0.39 is 0 Å². The molecule has 0 fully saturated rings. The van der Waals surface area contributed by atoms with Crippen LogP contribution in [0, 0.1) is 6.92 Å². The van der Waals surface area contributed by atoms with Crippen LogP contribution in [0.4, 0.5) is 0 Å². The number of thiophene rings is 1. The topological polar surface area (TPSA) is 30.7 Å². The molecule has 27 heavy (non-hydrogen) atoms. The molecule has 0 unspecified atom stereocenters. The van der Waals surface area contributed by atoms with E-state index in [-0.39, 0.29) is 0 Å². The summed E-state index contributed by atoms with van der Waals surface area (Å²) in [6.45, 7) is 2.12. The molecular formula is C23H15N3S. The third kappa shape index (κ3) is 2.07. The zero-order valence-electron chi connectivity index (χ0n) is 14.7. The molecule has 4 heteroatoms. The lowest BCUT2D eigenvalue weighted by atomic mass is 10.2. The second-order valence-electron chi connectivity index (χ2n) is 6.85. The van der Waals surface area contributed by atoms with E-state index in [0.717, 1.165) is 27.2 Å². The van der Waals surface area contributed by atoms with Crippen molar-refractivity contribution in [1.82, 2.24) is 14.5 Å². The van der Waals surface area contributed by atoms with Gasteiger partial charge in [-0.05, 0) is 31.2 Å². The summed E-state index contributed by atoms with van der Waals surface area (Å²) in [5, 5.41) is 3.66. The Morgan fingerprint density at radius 3 is 2.22 bits per heavy atom. The number of aromatic nitrogens is 3. The fourth-order valence-electron chi connectivity index (χ4n) is 3.91. The molecule has 3 heterocycles. The van der Waals surface area contributed by atoms with E-state index in [2.05, 4.69) is 78.2 Å². The summed E-state index contributed by atoms with van der Waals surface area (Å²) >= 11 is 1.75. The minimum atomic E-state index is 0.723. The Morgan fingerprint density at radius 2 is 1.48 bits per heavy atom. The van der Waals surface area contributed by atoms with Crippen molar-refractivity contribution in [3.05, 3.63) is 78.5 Å². The van der Waals surface area contributed by atoms with E-state index in [1.165, 1.54) is 26.4 Å². The van der Waals surface area contributed by atoms with Crippen molar-refractivity contribution in [3.8, 4) is 5.95 Å². The fourth-order valence-corrected chi connectivity index (χ4v) is 4.91. The molecule has 0 aliphatic carbocycles. The smallest absolute Gasteiger partial charge is 0.235 e. The van der Waals surface area contributed by atoms with Gasteiger partial charge in [0.2, 0.25) is 5.95 Å². The lowest BCUT2D eigenvalue weighted by Crippen LogP contribution is -2.00. The van der Waals surface area contributed by atoms with Crippen LogP contribution in [0.5, 0.6) is 0 Å². The van der Waals surface area contributed by atoms with Crippen molar-refractivity contribution in [2.45, 2.75) is 6.92 Å². The fraction of sp³-hybridized carbons (Fsp3) is 0.0435. The van der Waals surface area contributed by atoms with Crippen LogP contribution in [0.3, 0.4) is 0 Å². The van der Waals surface area contributed by atoms with Crippen LogP contribution in [0.25, 0.3) is 48.1 Å². The highest BCUT2D eigenvalue weighted by molar-refractivity contribution is 7.25. The number of benzene rings is 3. The highest BCUT2D eigenvalue weighted by Gasteiger charge is 2.15. The quantitative estimate of drug-likeness (QED) is 0.345. The van der Waals surface area contributed by atoms with Crippen LogP contribution in [0.2, 0.25) is 0 Å². The van der Waals surface area contributed by atoms with Crippen molar-refractivity contribution in [2.75, 3.05) is 0 Å². The molecule has 0 N–H and O–H groups in total. The number of hydrogen-bond acceptors (Lipinski definition) is 3. The molecule has 6 aromatic rings. The Morgan fingerprint density at radius 1 is 0.778 bits per heavy atom. The standard InChI is InChI=1S/C23H15N3S/c1-14-10-11-20-17(12-14)22-21(27-20)13-24-23(25-22)26-18-8-4-2-6-15(18)16-7-3-5-9-19(16)26/h2-13H,1H3. The molecule has 0 radical (unpaired) electrons. The second-order valence-corrected chi connectivity index (χ2v) is 7.94. The first-order chi connectivity index (χ1) is 13.3. The number of nitrogens with zero attached hydrogens (tertiary/aromatic N) is 3. The molecule has 128 valence electrons. The molecule has 3 aromatic carbocycles. The average molecular weight is 365 g/mol. The van der Waals surface area contributed by atoms with Crippen LogP contribution in [-0.4, -0.2) is 14.5 Å². The van der Waals surface area contributed by atoms with Crippen molar-refractivity contribution in [1.29, 1.82) is 0 Å². The van der Waals surface area contributed by atoms with Gasteiger partial charge < -0.3 is 0 Å². The zero-order valence-corrected chi connectivity index (χ0v) is 15.5. The molecule has 0 aliphatic rings. The number of rotatable bonds is 1. The van der Waals surface area contributed by atoms with Gasteiger partial charge in [0.1, 0.15) is 0 Å². The first-order valence-electron chi connectivity index (χ1n) is 8.94. The Hall–Kier alpha value is -3.24. The number of hydrogen-bond donors (Lipinski definition) is 0. The SMILES string of the molecule is Cc1ccc2sc3cnc(-n4c5ccccc5c5ccccc54)nc3c2c1. The Balaban J connectivity index is 1.74. The van der Waals surface area contributed by atoms with Gasteiger partial charge >= 0.3 is 0 Å². The van der Waals surface area contributed by atoms with Crippen LogP contribution in [0.15, 0.2) is 72.9 Å². The van der Waals surface area contributed by atoms with Gasteiger partial charge in [0.05, 0.1) is 27.4 Å². The predicted octanol–water partition coefficient (Wildman–Crippen LogP) is 6.25. The predicted molar refractivity (Wildman–Crippen MR) is 114 cm³/mol. The molecular weight excluding hydrogens is 350 g/mol. The summed E-state index contributed by atoms with van der Waals surface area (Å²) in [4.78, 5) is 9.74. The van der Waals surface area contributed by atoms with Crippen molar-refractivity contribution in [2.24, 2.45) is 0 Å². The van der Waals surface area contributed by atoms with Crippen LogP contribution in [-0.2, 0) is 0 Å². The van der Waals surface area contributed by atoms with Gasteiger partial charge in [-0.1, -0.05) is 48.0 Å². The Kier molecular flexibility index (Phi) is 2.96. The van der Waals surface area contributed by atoms with E-state index in [1.54, 1.807) is 11.3 Å². The van der Waals surface area contributed by atoms with Gasteiger partial charge in [0.15, 0.2) is 0 Å². The van der Waals surface area contributed by atoms with Gasteiger partial charge in [-0.15, -0.1) is 11.3 Å². The summed E-state index contributed by atoms with van der Waals surface area (Å²) in [7, 11) is 0. The van der Waals surface area contributed by atoms with E-state index in [0.29, 0.717) is 0 Å². The molecule has 0 amide bonds. The van der Waals surface area contributed by atoms with E-state index >= 15 is 0 Å². The van der Waals surface area contributed by atoms with Crippen molar-refractivity contribution < 1.29 is 0 Å². The molecule has 3 nitrogen and oxygen atoms in total. The zero-order chi connectivity index (χ0) is 18.0. The summed E-state index contributed by atoms with van der Waals surface area (Å²) in [5.74, 6) is 0.723. The molecule has 0 atom stereocenters. The van der Waals surface area contributed by atoms with Gasteiger partial charge in [-0.2, -0.15) is 0 Å². The lowest BCUT2D eigenvalue weighted by Gasteiger charge is -2.05. The van der Waals surface area contributed by atoms with Crippen molar-refractivity contribution in [3.63, 3.8) is 0 Å². The second kappa shape index (κ2) is 5.38. The van der Waals surface area contributed by atoms with Crippen LogP contribution in [0.1, 0.15) is 5.56 Å². The van der Waals surface area contributed by atoms with Gasteiger partial charge in [-0.25, -0.2) is 9.97 Å². The number of fused-ring (bicyclic) bond motifs is 6. The Labute approximate surface area is 159 Å². The summed E-state index contributed by atoms with van der Waals surface area (Å²) in [5.41, 5.74) is 4.55. The number of aryl methyl sites for hydroxylation is 1. The summed E-state index contributed by atoms with van der Waals surface area (Å²) < 4.78 is 4.55. The van der Waals surface area contributed by atoms with Gasteiger partial charge in [0, 0.05) is 20.9 Å². The Bertz CT molecular complexity index is 1440. The monoisotopic (exact) mass is 365 g/mol. The normalized spacial score (nSPS) is 11.9. The van der Waals surface area contributed by atoms with Crippen molar-refractivity contribution >= 4 is 53.4 Å².